The normalized spacial score (nSPS) is 31.2. The highest BCUT2D eigenvalue weighted by molar-refractivity contribution is 7.91. The molecule has 0 aromatic heterocycles. The summed E-state index contributed by atoms with van der Waals surface area (Å²) in [5, 5.41) is 1.80. The van der Waals surface area contributed by atoms with Crippen LogP contribution in [0.5, 0.6) is 0 Å². The Labute approximate surface area is 81.3 Å². The average molecular weight is 228 g/mol. The van der Waals surface area contributed by atoms with Crippen LogP contribution < -0.4 is 5.32 Å². The maximum atomic E-state index is 11.0. The summed E-state index contributed by atoms with van der Waals surface area (Å²) in [4.78, 5) is 10.7. The summed E-state index contributed by atoms with van der Waals surface area (Å²) < 4.78 is 26.4. The van der Waals surface area contributed by atoms with E-state index in [-0.39, 0.29) is 11.5 Å². The van der Waals surface area contributed by atoms with Gasteiger partial charge in [0.2, 0.25) is 0 Å². The van der Waals surface area contributed by atoms with E-state index in [0.717, 1.165) is 0 Å². The summed E-state index contributed by atoms with van der Waals surface area (Å²) in [6.07, 6.45) is -0.659. The molecule has 1 N–H and O–H groups in total. The number of carbonyl (C=O) groups excluding carboxylic acids is 1. The van der Waals surface area contributed by atoms with Crippen molar-refractivity contribution in [1.29, 1.82) is 0 Å². The van der Waals surface area contributed by atoms with Crippen LogP contribution in [0.15, 0.2) is 0 Å². The third-order valence-electron chi connectivity index (χ3n) is 1.77. The highest BCUT2D eigenvalue weighted by Gasteiger charge is 2.37. The molecule has 7 heteroatoms. The van der Waals surface area contributed by atoms with Crippen molar-refractivity contribution in [2.45, 2.75) is 11.4 Å². The summed E-state index contributed by atoms with van der Waals surface area (Å²) in [5.41, 5.74) is 0. The van der Waals surface area contributed by atoms with E-state index >= 15 is 0 Å². The van der Waals surface area contributed by atoms with Gasteiger partial charge in [0.05, 0.1) is 30.0 Å². The fraction of sp³-hybridized carbons (Fsp3) is 0.833. The van der Waals surface area contributed by atoms with Crippen LogP contribution in [0.2, 0.25) is 0 Å². The summed E-state index contributed by atoms with van der Waals surface area (Å²) in [7, 11) is -1.89. The number of hydrogen-bond donors (Lipinski definition) is 1. The van der Waals surface area contributed by atoms with Crippen molar-refractivity contribution in [2.24, 2.45) is 0 Å². The van der Waals surface area contributed by atoms with E-state index in [1.165, 1.54) is 7.11 Å². The molecule has 0 unspecified atom stereocenters. The standard InChI is InChI=1S/C6H10ClNO4S/c1-12-6(9)8-5-3-13(10,11)2-4(5)7/h4-5H,2-3H2,1H3,(H,8,9)/t4-,5-/m0/s1. The Balaban J connectivity index is 2.59. The molecule has 0 aliphatic carbocycles. The Morgan fingerprint density at radius 1 is 1.54 bits per heavy atom. The number of carbonyl (C=O) groups is 1. The van der Waals surface area contributed by atoms with Crippen LogP contribution in [0.25, 0.3) is 0 Å². The second kappa shape index (κ2) is 3.71. The first-order valence-corrected chi connectivity index (χ1v) is 5.89. The lowest BCUT2D eigenvalue weighted by Crippen LogP contribution is -2.40. The number of nitrogens with one attached hydrogen (secondary N) is 1. The van der Waals surface area contributed by atoms with Crippen LogP contribution >= 0.6 is 11.6 Å². The van der Waals surface area contributed by atoms with Crippen molar-refractivity contribution in [3.63, 3.8) is 0 Å². The summed E-state index contributed by atoms with van der Waals surface area (Å²) >= 11 is 5.71. The Hall–Kier alpha value is -0.490. The number of hydrogen-bond acceptors (Lipinski definition) is 4. The fourth-order valence-electron chi connectivity index (χ4n) is 1.15. The molecule has 0 aromatic carbocycles. The Bertz CT molecular complexity index is 302. The number of alkyl carbamates (subject to hydrolysis) is 1. The molecule has 1 rings (SSSR count). The zero-order chi connectivity index (χ0) is 10.1. The van der Waals surface area contributed by atoms with Gasteiger partial charge in [0.15, 0.2) is 9.84 Å². The van der Waals surface area contributed by atoms with Gasteiger partial charge in [-0.3, -0.25) is 0 Å². The van der Waals surface area contributed by atoms with E-state index in [2.05, 4.69) is 10.1 Å². The number of halogens is 1. The molecule has 13 heavy (non-hydrogen) atoms. The van der Waals surface area contributed by atoms with E-state index in [1.807, 2.05) is 0 Å². The van der Waals surface area contributed by atoms with E-state index < -0.39 is 27.3 Å². The van der Waals surface area contributed by atoms with Gasteiger partial charge >= 0.3 is 6.09 Å². The minimum absolute atomic E-state index is 0.0940. The van der Waals surface area contributed by atoms with Crippen LogP contribution in [-0.2, 0) is 14.6 Å². The predicted octanol–water partition coefficient (Wildman–Crippen LogP) is -0.253. The maximum absolute atomic E-state index is 11.0. The number of rotatable bonds is 1. The quantitative estimate of drug-likeness (QED) is 0.627. The molecule has 1 amide bonds. The molecular weight excluding hydrogens is 218 g/mol. The zero-order valence-corrected chi connectivity index (χ0v) is 8.56. The molecule has 1 saturated heterocycles. The smallest absolute Gasteiger partial charge is 0.407 e. The molecule has 5 nitrogen and oxygen atoms in total. The molecule has 1 heterocycles. The molecule has 0 spiro atoms. The van der Waals surface area contributed by atoms with Crippen molar-refractivity contribution in [1.82, 2.24) is 5.32 Å². The lowest BCUT2D eigenvalue weighted by Gasteiger charge is -2.12. The lowest BCUT2D eigenvalue weighted by molar-refractivity contribution is 0.168. The monoisotopic (exact) mass is 227 g/mol. The van der Waals surface area contributed by atoms with Gasteiger partial charge in [0, 0.05) is 0 Å². The minimum Gasteiger partial charge on any atom is -0.453 e. The number of methoxy groups -OCH3 is 1. The summed E-state index contributed by atoms with van der Waals surface area (Å²) in [5.74, 6) is -0.209. The fourth-order valence-corrected chi connectivity index (χ4v) is 3.70. The van der Waals surface area contributed by atoms with Crippen molar-refractivity contribution < 1.29 is 17.9 Å². The SMILES string of the molecule is COC(=O)N[C@H]1CS(=O)(=O)C[C@@H]1Cl. The van der Waals surface area contributed by atoms with Crippen LogP contribution in [0.1, 0.15) is 0 Å². The number of amides is 1. The molecule has 2 atom stereocenters. The van der Waals surface area contributed by atoms with Crippen LogP contribution in [0, 0.1) is 0 Å². The highest BCUT2D eigenvalue weighted by atomic mass is 35.5. The first-order valence-electron chi connectivity index (χ1n) is 3.63. The van der Waals surface area contributed by atoms with E-state index in [4.69, 9.17) is 11.6 Å². The van der Waals surface area contributed by atoms with Gasteiger partial charge in [0.1, 0.15) is 0 Å². The maximum Gasteiger partial charge on any atom is 0.407 e. The highest BCUT2D eigenvalue weighted by Crippen LogP contribution is 2.17. The average Bonchev–Trinajstić information content (AvgIpc) is 2.24. The van der Waals surface area contributed by atoms with Crippen LogP contribution in [0.4, 0.5) is 4.79 Å². The van der Waals surface area contributed by atoms with Crippen molar-refractivity contribution in [2.75, 3.05) is 18.6 Å². The van der Waals surface area contributed by atoms with Crippen LogP contribution in [-0.4, -0.2) is 44.5 Å². The first-order chi connectivity index (χ1) is 5.94. The van der Waals surface area contributed by atoms with Crippen molar-refractivity contribution in [3.8, 4) is 0 Å². The molecule has 1 fully saturated rings. The third kappa shape index (κ3) is 2.73. The van der Waals surface area contributed by atoms with Crippen molar-refractivity contribution >= 4 is 27.5 Å². The molecule has 76 valence electrons. The van der Waals surface area contributed by atoms with Gasteiger partial charge in [-0.15, -0.1) is 11.6 Å². The number of sulfone groups is 1. The number of alkyl halides is 1. The molecule has 0 aromatic rings. The van der Waals surface area contributed by atoms with Gasteiger partial charge < -0.3 is 10.1 Å². The lowest BCUT2D eigenvalue weighted by atomic mass is 10.3. The van der Waals surface area contributed by atoms with Crippen molar-refractivity contribution in [3.05, 3.63) is 0 Å². The van der Waals surface area contributed by atoms with Gasteiger partial charge in [0.25, 0.3) is 0 Å². The largest absolute Gasteiger partial charge is 0.453 e. The van der Waals surface area contributed by atoms with Gasteiger partial charge in [-0.2, -0.15) is 0 Å². The molecular formula is C6H10ClNO4S. The second-order valence-electron chi connectivity index (χ2n) is 2.84. The zero-order valence-electron chi connectivity index (χ0n) is 6.99. The summed E-state index contributed by atoms with van der Waals surface area (Å²) in [6.45, 7) is 0. The molecule has 1 aliphatic rings. The third-order valence-corrected chi connectivity index (χ3v) is 4.15. The van der Waals surface area contributed by atoms with Gasteiger partial charge in [-0.25, -0.2) is 13.2 Å². The Morgan fingerprint density at radius 3 is 2.54 bits per heavy atom. The number of ether oxygens (including phenoxy) is 1. The minimum atomic E-state index is -3.10. The molecule has 0 saturated carbocycles. The van der Waals surface area contributed by atoms with E-state index in [1.54, 1.807) is 0 Å². The molecule has 1 aliphatic heterocycles. The predicted molar refractivity (Wildman–Crippen MR) is 47.6 cm³/mol. The topological polar surface area (TPSA) is 72.5 Å². The van der Waals surface area contributed by atoms with Gasteiger partial charge in [-0.05, 0) is 0 Å². The Kier molecular flexibility index (Phi) is 3.02. The van der Waals surface area contributed by atoms with Crippen LogP contribution in [0.3, 0.4) is 0 Å². The van der Waals surface area contributed by atoms with Gasteiger partial charge in [-0.1, -0.05) is 0 Å². The van der Waals surface area contributed by atoms with E-state index in [0.29, 0.717) is 0 Å². The Morgan fingerprint density at radius 2 is 2.15 bits per heavy atom. The first kappa shape index (κ1) is 10.6. The molecule has 0 bridgehead atoms. The van der Waals surface area contributed by atoms with E-state index in [9.17, 15) is 13.2 Å². The summed E-state index contributed by atoms with van der Waals surface area (Å²) in [6, 6.07) is -0.542. The second-order valence-corrected chi connectivity index (χ2v) is 5.55. The molecule has 0 radical (unpaired) electrons.